The van der Waals surface area contributed by atoms with Crippen LogP contribution in [0.4, 0.5) is 18.9 Å². The van der Waals surface area contributed by atoms with Gasteiger partial charge < -0.3 is 14.4 Å². The molecule has 0 N–H and O–H groups in total. The van der Waals surface area contributed by atoms with Gasteiger partial charge in [-0.3, -0.25) is 9.78 Å². The minimum Gasteiger partial charge on any atom is -0.368 e. The number of anilines is 1. The smallest absolute Gasteiger partial charge is 0.368 e. The molecule has 3 rings (SSSR count). The topological polar surface area (TPSA) is 54.3 Å². The predicted molar refractivity (Wildman–Crippen MR) is 80.6 cm³/mol. The first-order valence-corrected chi connectivity index (χ1v) is 7.40. The van der Waals surface area contributed by atoms with Crippen LogP contribution in [-0.4, -0.2) is 51.5 Å². The number of carbonyl (C=O) groups excluding carboxylic acids is 1. The molecule has 128 valence electrons. The predicted octanol–water partition coefficient (Wildman–Crippen LogP) is 1.80. The molecule has 2 aromatic rings. The monoisotopic (exact) mass is 339 g/mol. The van der Waals surface area contributed by atoms with Gasteiger partial charge in [-0.25, -0.2) is 4.98 Å². The zero-order valence-electron chi connectivity index (χ0n) is 13.0. The van der Waals surface area contributed by atoms with Gasteiger partial charge >= 0.3 is 6.18 Å². The van der Waals surface area contributed by atoms with Crippen molar-refractivity contribution in [3.05, 3.63) is 42.2 Å². The lowest BCUT2D eigenvalue weighted by Gasteiger charge is -2.36. The first-order chi connectivity index (χ1) is 11.4. The van der Waals surface area contributed by atoms with Crippen LogP contribution in [0.2, 0.25) is 0 Å². The third kappa shape index (κ3) is 3.19. The minimum atomic E-state index is -4.46. The molecule has 0 bridgehead atoms. The number of rotatable bonds is 2. The summed E-state index contributed by atoms with van der Waals surface area (Å²) in [5, 5.41) is 0. The Morgan fingerprint density at radius 2 is 1.92 bits per heavy atom. The summed E-state index contributed by atoms with van der Waals surface area (Å²) in [6.07, 6.45) is -0.245. The Morgan fingerprint density at radius 1 is 1.21 bits per heavy atom. The van der Waals surface area contributed by atoms with E-state index in [1.165, 1.54) is 6.20 Å². The van der Waals surface area contributed by atoms with E-state index in [-0.39, 0.29) is 5.91 Å². The number of amides is 1. The maximum atomic E-state index is 12.8. The maximum Gasteiger partial charge on any atom is 0.433 e. The SMILES string of the molecule is Cn1cncc1C(=O)N1CCN(c2ccnc(C(F)(F)F)c2)CC1. The van der Waals surface area contributed by atoms with Crippen LogP contribution >= 0.6 is 0 Å². The van der Waals surface area contributed by atoms with E-state index in [1.807, 2.05) is 4.90 Å². The van der Waals surface area contributed by atoms with E-state index in [2.05, 4.69) is 9.97 Å². The molecule has 3 heterocycles. The second-order valence-corrected chi connectivity index (χ2v) is 5.57. The van der Waals surface area contributed by atoms with Crippen LogP contribution in [0.15, 0.2) is 30.9 Å². The second-order valence-electron chi connectivity index (χ2n) is 5.57. The zero-order valence-corrected chi connectivity index (χ0v) is 13.0. The highest BCUT2D eigenvalue weighted by Crippen LogP contribution is 2.30. The molecule has 1 fully saturated rings. The lowest BCUT2D eigenvalue weighted by Crippen LogP contribution is -2.49. The molecule has 0 aliphatic carbocycles. The van der Waals surface area contributed by atoms with E-state index in [9.17, 15) is 18.0 Å². The number of imidazole rings is 1. The van der Waals surface area contributed by atoms with Crippen molar-refractivity contribution in [2.45, 2.75) is 6.18 Å². The lowest BCUT2D eigenvalue weighted by molar-refractivity contribution is -0.141. The van der Waals surface area contributed by atoms with E-state index in [1.54, 1.807) is 28.9 Å². The van der Waals surface area contributed by atoms with Crippen molar-refractivity contribution >= 4 is 11.6 Å². The van der Waals surface area contributed by atoms with E-state index in [4.69, 9.17) is 0 Å². The van der Waals surface area contributed by atoms with Gasteiger partial charge in [0.15, 0.2) is 0 Å². The van der Waals surface area contributed by atoms with Crippen molar-refractivity contribution in [2.24, 2.45) is 7.05 Å². The van der Waals surface area contributed by atoms with E-state index < -0.39 is 11.9 Å². The summed E-state index contributed by atoms with van der Waals surface area (Å²) in [5.74, 6) is -0.125. The fraction of sp³-hybridized carbons (Fsp3) is 0.400. The quantitative estimate of drug-likeness (QED) is 0.837. The molecule has 0 atom stereocenters. The Balaban J connectivity index is 1.67. The number of hydrogen-bond acceptors (Lipinski definition) is 4. The number of piperazine rings is 1. The van der Waals surface area contributed by atoms with Crippen molar-refractivity contribution in [1.82, 2.24) is 19.4 Å². The molecule has 1 aliphatic rings. The molecule has 1 aliphatic heterocycles. The van der Waals surface area contributed by atoms with Crippen LogP contribution in [-0.2, 0) is 13.2 Å². The van der Waals surface area contributed by atoms with Crippen molar-refractivity contribution < 1.29 is 18.0 Å². The summed E-state index contributed by atoms with van der Waals surface area (Å²) in [6, 6.07) is 2.59. The fourth-order valence-electron chi connectivity index (χ4n) is 2.66. The number of carbonyl (C=O) groups is 1. The van der Waals surface area contributed by atoms with Gasteiger partial charge in [-0.15, -0.1) is 0 Å². The van der Waals surface area contributed by atoms with Crippen molar-refractivity contribution in [1.29, 1.82) is 0 Å². The van der Waals surface area contributed by atoms with Gasteiger partial charge in [0, 0.05) is 45.1 Å². The van der Waals surface area contributed by atoms with Crippen molar-refractivity contribution in [3.8, 4) is 0 Å². The summed E-state index contributed by atoms with van der Waals surface area (Å²) >= 11 is 0. The number of hydrogen-bond donors (Lipinski definition) is 0. The van der Waals surface area contributed by atoms with E-state index in [0.717, 1.165) is 12.3 Å². The average Bonchev–Trinajstić information content (AvgIpc) is 3.00. The van der Waals surface area contributed by atoms with Crippen molar-refractivity contribution in [2.75, 3.05) is 31.1 Å². The van der Waals surface area contributed by atoms with Gasteiger partial charge in [0.2, 0.25) is 0 Å². The largest absolute Gasteiger partial charge is 0.433 e. The highest BCUT2D eigenvalue weighted by molar-refractivity contribution is 5.92. The highest BCUT2D eigenvalue weighted by Gasteiger charge is 2.33. The third-order valence-electron chi connectivity index (χ3n) is 4.00. The van der Waals surface area contributed by atoms with Crippen LogP contribution in [0.1, 0.15) is 16.2 Å². The van der Waals surface area contributed by atoms with Crippen LogP contribution in [0.25, 0.3) is 0 Å². The van der Waals surface area contributed by atoms with Crippen molar-refractivity contribution in [3.63, 3.8) is 0 Å². The maximum absolute atomic E-state index is 12.8. The normalized spacial score (nSPS) is 15.7. The summed E-state index contributed by atoms with van der Waals surface area (Å²) in [5.41, 5.74) is 0.0464. The molecule has 1 amide bonds. The molecular formula is C15H16F3N5O. The van der Waals surface area contributed by atoms with E-state index >= 15 is 0 Å². The fourth-order valence-corrected chi connectivity index (χ4v) is 2.66. The van der Waals surface area contributed by atoms with E-state index in [0.29, 0.717) is 37.6 Å². The summed E-state index contributed by atoms with van der Waals surface area (Å²) in [7, 11) is 1.74. The number of pyridine rings is 1. The second kappa shape index (κ2) is 6.14. The molecule has 2 aromatic heterocycles. The molecule has 24 heavy (non-hydrogen) atoms. The Morgan fingerprint density at radius 3 is 2.50 bits per heavy atom. The van der Waals surface area contributed by atoms with Crippen LogP contribution < -0.4 is 4.90 Å². The Labute approximate surface area is 136 Å². The highest BCUT2D eigenvalue weighted by atomic mass is 19.4. The number of nitrogens with zero attached hydrogens (tertiary/aromatic N) is 5. The number of aryl methyl sites for hydroxylation is 1. The van der Waals surface area contributed by atoms with Gasteiger partial charge in [-0.05, 0) is 12.1 Å². The molecule has 1 saturated heterocycles. The Kier molecular flexibility index (Phi) is 4.16. The van der Waals surface area contributed by atoms with Gasteiger partial charge in [0.05, 0.1) is 12.5 Å². The Hall–Kier alpha value is -2.58. The van der Waals surface area contributed by atoms with Gasteiger partial charge in [0.1, 0.15) is 11.4 Å². The zero-order chi connectivity index (χ0) is 17.3. The van der Waals surface area contributed by atoms with Crippen LogP contribution in [0.3, 0.4) is 0 Å². The molecule has 0 saturated carbocycles. The molecule has 0 radical (unpaired) electrons. The summed E-state index contributed by atoms with van der Waals surface area (Å²) in [4.78, 5) is 23.2. The summed E-state index contributed by atoms with van der Waals surface area (Å²) in [6.45, 7) is 1.80. The number of alkyl halides is 3. The average molecular weight is 339 g/mol. The summed E-state index contributed by atoms with van der Waals surface area (Å²) < 4.78 is 39.9. The molecule has 9 heteroatoms. The first kappa shape index (κ1) is 16.3. The van der Waals surface area contributed by atoms with Gasteiger partial charge in [0.25, 0.3) is 5.91 Å². The molecule has 0 spiro atoms. The molecule has 0 aromatic carbocycles. The number of aromatic nitrogens is 3. The Bertz CT molecular complexity index is 735. The van der Waals surface area contributed by atoms with Crippen LogP contribution in [0.5, 0.6) is 0 Å². The third-order valence-corrected chi connectivity index (χ3v) is 4.00. The van der Waals surface area contributed by atoms with Gasteiger partial charge in [-0.2, -0.15) is 13.2 Å². The standard InChI is InChI=1S/C15H16F3N5O/c1-21-10-19-9-12(21)14(24)23-6-4-22(5-7-23)11-2-3-20-13(8-11)15(16,17)18/h2-3,8-10H,4-7H2,1H3. The molecular weight excluding hydrogens is 323 g/mol. The first-order valence-electron chi connectivity index (χ1n) is 7.40. The molecule has 6 nitrogen and oxygen atoms in total. The number of halogens is 3. The minimum absolute atomic E-state index is 0.125. The van der Waals surface area contributed by atoms with Crippen LogP contribution in [0, 0.1) is 0 Å². The lowest BCUT2D eigenvalue weighted by atomic mass is 10.2. The van der Waals surface area contributed by atoms with Gasteiger partial charge in [-0.1, -0.05) is 0 Å². The molecule has 0 unspecified atom stereocenters.